The number of amides is 2. The quantitative estimate of drug-likeness (QED) is 0.489. The molecule has 0 aliphatic carbocycles. The molecule has 1 heterocycles. The van der Waals surface area contributed by atoms with Gasteiger partial charge in [-0.15, -0.1) is 0 Å². The third-order valence-electron chi connectivity index (χ3n) is 5.38. The maximum atomic E-state index is 13.2. The van der Waals surface area contributed by atoms with Gasteiger partial charge in [-0.1, -0.05) is 26.0 Å². The fourth-order valence-corrected chi connectivity index (χ4v) is 5.17. The number of benzene rings is 2. The van der Waals surface area contributed by atoms with Gasteiger partial charge >= 0.3 is 0 Å². The summed E-state index contributed by atoms with van der Waals surface area (Å²) in [4.78, 5) is 40.4. The number of pyridine rings is 1. The van der Waals surface area contributed by atoms with Crippen molar-refractivity contribution in [3.8, 4) is 0 Å². The summed E-state index contributed by atoms with van der Waals surface area (Å²) < 4.78 is 27.3. The number of hydrogen-bond donors (Lipinski definition) is 3. The number of nitrogens with one attached hydrogen (secondary N) is 3. The number of H-pyrrole nitrogens is 1. The van der Waals surface area contributed by atoms with Crippen LogP contribution in [0.5, 0.6) is 0 Å². The average Bonchev–Trinajstić information content (AvgIpc) is 2.78. The first-order valence-corrected chi connectivity index (χ1v) is 11.9. The second-order valence-corrected chi connectivity index (χ2v) is 9.31. The molecule has 9 nitrogen and oxygen atoms in total. The molecule has 3 rings (SSSR count). The maximum absolute atomic E-state index is 13.2. The van der Waals surface area contributed by atoms with Gasteiger partial charge in [-0.2, -0.15) is 4.31 Å². The van der Waals surface area contributed by atoms with Crippen molar-refractivity contribution in [2.24, 2.45) is 0 Å². The normalized spacial score (nSPS) is 11.5. The van der Waals surface area contributed by atoms with Crippen LogP contribution in [0.1, 0.15) is 40.1 Å². The van der Waals surface area contributed by atoms with Crippen LogP contribution in [0.3, 0.4) is 0 Å². The fourth-order valence-electron chi connectivity index (χ4n) is 3.68. The summed E-state index contributed by atoms with van der Waals surface area (Å²) in [6.07, 6.45) is 0. The summed E-state index contributed by atoms with van der Waals surface area (Å²) in [5.74, 6) is -1.01. The lowest BCUT2D eigenvalue weighted by atomic mass is 10.0. The van der Waals surface area contributed by atoms with Crippen LogP contribution >= 0.6 is 0 Å². The second-order valence-electron chi connectivity index (χ2n) is 7.37. The van der Waals surface area contributed by atoms with Gasteiger partial charge < -0.3 is 15.6 Å². The number of sulfonamides is 1. The minimum absolute atomic E-state index is 0.00490. The summed E-state index contributed by atoms with van der Waals surface area (Å²) >= 11 is 0. The largest absolute Gasteiger partial charge is 0.355 e. The predicted octanol–water partition coefficient (Wildman–Crippen LogP) is 2.48. The van der Waals surface area contributed by atoms with Gasteiger partial charge in [0, 0.05) is 37.1 Å². The lowest BCUT2D eigenvalue weighted by Crippen LogP contribution is -2.30. The van der Waals surface area contributed by atoms with Gasteiger partial charge in [0.2, 0.25) is 15.6 Å². The van der Waals surface area contributed by atoms with Crippen LogP contribution in [0.25, 0.3) is 10.9 Å². The van der Waals surface area contributed by atoms with E-state index in [1.54, 1.807) is 39.0 Å². The minimum atomic E-state index is -3.77. The zero-order chi connectivity index (χ0) is 24.3. The molecule has 0 bridgehead atoms. The molecule has 2 aromatic carbocycles. The molecule has 10 heteroatoms. The van der Waals surface area contributed by atoms with E-state index in [4.69, 9.17) is 0 Å². The third kappa shape index (κ3) is 4.67. The summed E-state index contributed by atoms with van der Waals surface area (Å²) in [7, 11) is -2.29. The Bertz CT molecular complexity index is 1390. The van der Waals surface area contributed by atoms with Gasteiger partial charge in [-0.3, -0.25) is 14.4 Å². The van der Waals surface area contributed by atoms with Crippen molar-refractivity contribution in [2.45, 2.75) is 25.7 Å². The lowest BCUT2D eigenvalue weighted by molar-refractivity contribution is 0.0963. The number of aromatic nitrogens is 1. The lowest BCUT2D eigenvalue weighted by Gasteiger charge is -2.19. The van der Waals surface area contributed by atoms with Crippen molar-refractivity contribution in [3.63, 3.8) is 0 Å². The van der Waals surface area contributed by atoms with Gasteiger partial charge in [0.1, 0.15) is 0 Å². The third-order valence-corrected chi connectivity index (χ3v) is 7.42. The van der Waals surface area contributed by atoms with Crippen LogP contribution in [0.15, 0.2) is 52.2 Å². The number of aryl methyl sites for hydroxylation is 1. The molecule has 0 unspecified atom stereocenters. The average molecular weight is 471 g/mol. The van der Waals surface area contributed by atoms with Crippen molar-refractivity contribution in [1.82, 2.24) is 14.6 Å². The van der Waals surface area contributed by atoms with E-state index in [0.29, 0.717) is 29.7 Å². The molecule has 33 heavy (non-hydrogen) atoms. The number of fused-ring (bicyclic) bond motifs is 1. The number of nitrogens with zero attached hydrogens (tertiary/aromatic N) is 1. The monoisotopic (exact) mass is 470 g/mol. The zero-order valence-electron chi connectivity index (χ0n) is 18.9. The van der Waals surface area contributed by atoms with E-state index >= 15 is 0 Å². The summed E-state index contributed by atoms with van der Waals surface area (Å²) in [6.45, 7) is 5.82. The van der Waals surface area contributed by atoms with Gasteiger partial charge in [-0.25, -0.2) is 8.42 Å². The Morgan fingerprint density at radius 3 is 2.36 bits per heavy atom. The molecule has 0 spiro atoms. The number of aromatic amines is 1. The molecule has 0 aliphatic rings. The van der Waals surface area contributed by atoms with E-state index in [-0.39, 0.29) is 27.4 Å². The van der Waals surface area contributed by atoms with Crippen LogP contribution in [-0.4, -0.2) is 49.7 Å². The Kier molecular flexibility index (Phi) is 6.99. The van der Waals surface area contributed by atoms with E-state index in [1.165, 1.54) is 29.6 Å². The summed E-state index contributed by atoms with van der Waals surface area (Å²) in [5.41, 5.74) is 1.04. The van der Waals surface area contributed by atoms with Gasteiger partial charge in [-0.05, 0) is 36.8 Å². The number of rotatable bonds is 7. The van der Waals surface area contributed by atoms with E-state index in [0.717, 1.165) is 6.07 Å². The summed E-state index contributed by atoms with van der Waals surface area (Å²) in [6, 6.07) is 10.4. The molecule has 1 aromatic heterocycles. The molecule has 3 N–H and O–H groups in total. The molecule has 2 amide bonds. The van der Waals surface area contributed by atoms with Crippen molar-refractivity contribution >= 4 is 38.4 Å². The zero-order valence-corrected chi connectivity index (χ0v) is 19.7. The molecule has 0 aliphatic heterocycles. The first-order chi connectivity index (χ1) is 15.6. The second kappa shape index (κ2) is 9.55. The fraction of sp³-hybridized carbons (Fsp3) is 0.261. The highest BCUT2D eigenvalue weighted by atomic mass is 32.2. The molecule has 0 saturated heterocycles. The highest BCUT2D eigenvalue weighted by molar-refractivity contribution is 7.89. The van der Waals surface area contributed by atoms with Crippen molar-refractivity contribution in [1.29, 1.82) is 0 Å². The van der Waals surface area contributed by atoms with E-state index in [9.17, 15) is 22.8 Å². The van der Waals surface area contributed by atoms with E-state index in [2.05, 4.69) is 15.6 Å². The molecular formula is C23H26N4O5S. The molecule has 174 valence electrons. The SMILES string of the molecule is CCN(CC)S(=O)(=O)c1ccc2[nH]c(=O)cc(C(=O)Nc3cccc(C)c3C(=O)NC)c2c1. The van der Waals surface area contributed by atoms with E-state index in [1.807, 2.05) is 0 Å². The molecule has 0 saturated carbocycles. The van der Waals surface area contributed by atoms with Crippen LogP contribution in [0.4, 0.5) is 5.69 Å². The van der Waals surface area contributed by atoms with Gasteiger partial charge in [0.05, 0.1) is 21.7 Å². The molecule has 3 aromatic rings. The van der Waals surface area contributed by atoms with Crippen LogP contribution in [0.2, 0.25) is 0 Å². The van der Waals surface area contributed by atoms with Crippen molar-refractivity contribution in [2.75, 3.05) is 25.5 Å². The highest BCUT2D eigenvalue weighted by Gasteiger charge is 2.23. The molecular weight excluding hydrogens is 444 g/mol. The van der Waals surface area contributed by atoms with Crippen LogP contribution < -0.4 is 16.2 Å². The Hall–Kier alpha value is -3.50. The summed E-state index contributed by atoms with van der Waals surface area (Å²) in [5, 5.41) is 5.51. The Morgan fingerprint density at radius 1 is 1.03 bits per heavy atom. The van der Waals surface area contributed by atoms with Gasteiger partial charge in [0.15, 0.2) is 0 Å². The number of carbonyl (C=O) groups is 2. The first-order valence-electron chi connectivity index (χ1n) is 10.4. The molecule has 0 radical (unpaired) electrons. The Balaban J connectivity index is 2.14. The number of carbonyl (C=O) groups excluding carboxylic acids is 2. The maximum Gasteiger partial charge on any atom is 0.256 e. The molecule has 0 atom stereocenters. The predicted molar refractivity (Wildman–Crippen MR) is 127 cm³/mol. The smallest absolute Gasteiger partial charge is 0.256 e. The highest BCUT2D eigenvalue weighted by Crippen LogP contribution is 2.25. The minimum Gasteiger partial charge on any atom is -0.355 e. The van der Waals surface area contributed by atoms with Crippen LogP contribution in [0, 0.1) is 6.92 Å². The molecule has 0 fully saturated rings. The Morgan fingerprint density at radius 2 is 1.73 bits per heavy atom. The van der Waals surface area contributed by atoms with Crippen molar-refractivity contribution in [3.05, 3.63) is 69.5 Å². The number of anilines is 1. The topological polar surface area (TPSA) is 128 Å². The van der Waals surface area contributed by atoms with Crippen molar-refractivity contribution < 1.29 is 18.0 Å². The van der Waals surface area contributed by atoms with Crippen LogP contribution in [-0.2, 0) is 10.0 Å². The standard InChI is InChI=1S/C23H26N4O5S/c1-5-27(6-2)33(31,32)15-10-11-18-16(12-15)17(13-20(28)25-18)22(29)26-19-9-7-8-14(3)21(19)23(30)24-4/h7-13H,5-6H2,1-4H3,(H,24,30)(H,25,28)(H,26,29). The van der Waals surface area contributed by atoms with E-state index < -0.39 is 21.5 Å². The Labute approximate surface area is 191 Å². The first kappa shape index (κ1) is 24.1. The number of hydrogen-bond acceptors (Lipinski definition) is 5. The van der Waals surface area contributed by atoms with Gasteiger partial charge in [0.25, 0.3) is 11.8 Å².